The van der Waals surface area contributed by atoms with E-state index in [-0.39, 0.29) is 18.6 Å². The van der Waals surface area contributed by atoms with Crippen LogP contribution < -0.4 is 4.74 Å². The van der Waals surface area contributed by atoms with Crippen LogP contribution in [0, 0.1) is 0 Å². The number of methoxy groups -OCH3 is 1. The van der Waals surface area contributed by atoms with Gasteiger partial charge in [-0.15, -0.1) is 11.8 Å². The van der Waals surface area contributed by atoms with E-state index >= 15 is 0 Å². The third kappa shape index (κ3) is 3.44. The summed E-state index contributed by atoms with van der Waals surface area (Å²) in [5.41, 5.74) is 2.49. The Bertz CT molecular complexity index is 951. The molecule has 0 bridgehead atoms. The van der Waals surface area contributed by atoms with Crippen molar-refractivity contribution in [1.82, 2.24) is 9.88 Å². The molecule has 1 amide bonds. The second-order valence-corrected chi connectivity index (χ2v) is 7.65. The van der Waals surface area contributed by atoms with Gasteiger partial charge < -0.3 is 14.4 Å². The Kier molecular flexibility index (Phi) is 5.74. The van der Waals surface area contributed by atoms with Crippen molar-refractivity contribution in [1.29, 1.82) is 0 Å². The minimum absolute atomic E-state index is 0.235. The van der Waals surface area contributed by atoms with Gasteiger partial charge in [0, 0.05) is 24.4 Å². The summed E-state index contributed by atoms with van der Waals surface area (Å²) < 4.78 is 10.2. The number of hydrogen-bond donors (Lipinski definition) is 0. The summed E-state index contributed by atoms with van der Waals surface area (Å²) in [6, 6.07) is 1.57. The number of thioether (sulfide) groups is 1. The number of fused-ring (bicyclic) bond motifs is 3. The van der Waals surface area contributed by atoms with Gasteiger partial charge >= 0.3 is 5.97 Å². The van der Waals surface area contributed by atoms with E-state index in [0.29, 0.717) is 27.9 Å². The lowest BCUT2D eigenvalue weighted by Gasteiger charge is -2.22. The summed E-state index contributed by atoms with van der Waals surface area (Å²) in [5, 5.41) is 2.21. The first kappa shape index (κ1) is 20.0. The fourth-order valence-electron chi connectivity index (χ4n) is 3.32. The van der Waals surface area contributed by atoms with Crippen molar-refractivity contribution in [3.8, 4) is 5.75 Å². The normalized spacial score (nSPS) is 15.8. The highest BCUT2D eigenvalue weighted by atomic mass is 35.5. The molecule has 0 aliphatic carbocycles. The summed E-state index contributed by atoms with van der Waals surface area (Å²) in [6.07, 6.45) is 1.92. The Hall–Kier alpha value is -1.70. The maximum atomic E-state index is 12.6. The van der Waals surface area contributed by atoms with Gasteiger partial charge in [0.25, 0.3) is 5.91 Å². The summed E-state index contributed by atoms with van der Waals surface area (Å²) in [6.45, 7) is 3.30. The van der Waals surface area contributed by atoms with E-state index < -0.39 is 5.97 Å². The number of carbonyl (C=O) groups excluding carboxylic acids is 2. The van der Waals surface area contributed by atoms with Crippen molar-refractivity contribution in [3.05, 3.63) is 27.2 Å². The molecule has 0 fully saturated rings. The zero-order valence-corrected chi connectivity index (χ0v) is 17.6. The quantitative estimate of drug-likeness (QED) is 0.535. The fraction of sp³-hybridized carbons (Fsp3) is 0.389. The number of ether oxygens (including phenoxy) is 2. The van der Waals surface area contributed by atoms with E-state index in [2.05, 4.69) is 4.98 Å². The van der Waals surface area contributed by atoms with E-state index in [1.54, 1.807) is 11.0 Å². The molecular weight excluding hydrogens is 411 g/mol. The third-order valence-electron chi connectivity index (χ3n) is 4.58. The van der Waals surface area contributed by atoms with Crippen molar-refractivity contribution >= 4 is 57.7 Å². The molecule has 1 aromatic heterocycles. The minimum Gasteiger partial charge on any atom is -0.495 e. The first-order chi connectivity index (χ1) is 12.8. The van der Waals surface area contributed by atoms with Crippen molar-refractivity contribution in [2.45, 2.75) is 31.5 Å². The lowest BCUT2D eigenvalue weighted by molar-refractivity contribution is -0.151. The molecule has 1 aliphatic heterocycles. The number of nitrogens with zero attached hydrogens (tertiary/aromatic N) is 2. The molecule has 0 N–H and O–H groups in total. The molecule has 6 nitrogen and oxygen atoms in total. The minimum atomic E-state index is -0.490. The maximum Gasteiger partial charge on any atom is 0.303 e. The predicted molar refractivity (Wildman–Crippen MR) is 106 cm³/mol. The van der Waals surface area contributed by atoms with Gasteiger partial charge in [-0.25, -0.2) is 4.98 Å². The molecule has 0 radical (unpaired) electrons. The Morgan fingerprint density at radius 1 is 1.37 bits per heavy atom. The van der Waals surface area contributed by atoms with E-state index in [4.69, 9.17) is 32.7 Å². The number of aromatic nitrogens is 1. The molecule has 3 rings (SSSR count). The Morgan fingerprint density at radius 3 is 2.67 bits per heavy atom. The highest BCUT2D eigenvalue weighted by Gasteiger charge is 2.35. The maximum absolute atomic E-state index is 12.6. The van der Waals surface area contributed by atoms with Crippen molar-refractivity contribution in [2.75, 3.05) is 20.0 Å². The fourth-order valence-corrected chi connectivity index (χ4v) is 4.38. The van der Waals surface area contributed by atoms with Crippen LogP contribution in [0.25, 0.3) is 10.9 Å². The second kappa shape index (κ2) is 7.73. The largest absolute Gasteiger partial charge is 0.495 e. The Morgan fingerprint density at radius 2 is 2.07 bits per heavy atom. The summed E-state index contributed by atoms with van der Waals surface area (Å²) in [7, 11) is 1.52. The van der Waals surface area contributed by atoms with Crippen LogP contribution in [-0.2, 0) is 20.9 Å². The molecule has 27 heavy (non-hydrogen) atoms. The molecule has 0 unspecified atom stereocenters. The molecule has 1 atom stereocenters. The number of hydrogen-bond acceptors (Lipinski definition) is 6. The number of amides is 1. The van der Waals surface area contributed by atoms with Crippen LogP contribution in [0.4, 0.5) is 0 Å². The Labute approximate surface area is 171 Å². The van der Waals surface area contributed by atoms with Crippen LogP contribution in [0.1, 0.15) is 31.0 Å². The molecule has 0 saturated heterocycles. The van der Waals surface area contributed by atoms with E-state index in [9.17, 15) is 9.59 Å². The van der Waals surface area contributed by atoms with Crippen LogP contribution in [0.3, 0.4) is 0 Å². The number of pyridine rings is 1. The van der Waals surface area contributed by atoms with Crippen LogP contribution in [-0.4, -0.2) is 41.7 Å². The van der Waals surface area contributed by atoms with Crippen LogP contribution in [0.5, 0.6) is 5.75 Å². The molecular formula is C18H18Cl2N2O4S. The van der Waals surface area contributed by atoms with Gasteiger partial charge in [0.2, 0.25) is 0 Å². The molecule has 2 heterocycles. The zero-order valence-electron chi connectivity index (χ0n) is 15.3. The van der Waals surface area contributed by atoms with Gasteiger partial charge in [0.1, 0.15) is 15.8 Å². The van der Waals surface area contributed by atoms with E-state index in [1.807, 2.05) is 13.2 Å². The van der Waals surface area contributed by atoms with Crippen molar-refractivity contribution in [3.63, 3.8) is 0 Å². The second-order valence-electron chi connectivity index (χ2n) is 6.09. The van der Waals surface area contributed by atoms with Crippen molar-refractivity contribution < 1.29 is 19.1 Å². The highest BCUT2D eigenvalue weighted by Crippen LogP contribution is 2.46. The smallest absolute Gasteiger partial charge is 0.303 e. The summed E-state index contributed by atoms with van der Waals surface area (Å²) in [5.74, 6) is -0.302. The van der Waals surface area contributed by atoms with Gasteiger partial charge in [-0.05, 0) is 24.8 Å². The van der Waals surface area contributed by atoms with Crippen LogP contribution in [0.2, 0.25) is 10.0 Å². The SMILES string of the molecule is COc1cc2c3c(c(SC)nc2c(Cl)c1Cl)CN(C(=O)COC(C)=O)[C@H]3C. The van der Waals surface area contributed by atoms with E-state index in [0.717, 1.165) is 21.5 Å². The van der Waals surface area contributed by atoms with Gasteiger partial charge in [0.05, 0.1) is 23.7 Å². The molecule has 2 aromatic rings. The summed E-state index contributed by atoms with van der Waals surface area (Å²) in [4.78, 5) is 29.9. The number of esters is 1. The monoisotopic (exact) mass is 428 g/mol. The van der Waals surface area contributed by atoms with Gasteiger partial charge in [-0.1, -0.05) is 23.2 Å². The molecule has 0 spiro atoms. The number of benzene rings is 1. The predicted octanol–water partition coefficient (Wildman–Crippen LogP) is 4.24. The summed E-state index contributed by atoms with van der Waals surface area (Å²) >= 11 is 14.2. The topological polar surface area (TPSA) is 68.7 Å². The molecule has 1 aliphatic rings. The average Bonchev–Trinajstić information content (AvgIpc) is 2.99. The average molecular weight is 429 g/mol. The zero-order chi connectivity index (χ0) is 19.9. The highest BCUT2D eigenvalue weighted by molar-refractivity contribution is 7.98. The molecule has 1 aromatic carbocycles. The number of rotatable bonds is 4. The van der Waals surface area contributed by atoms with Crippen LogP contribution in [0.15, 0.2) is 11.1 Å². The molecule has 0 saturated carbocycles. The van der Waals surface area contributed by atoms with Crippen molar-refractivity contribution in [2.24, 2.45) is 0 Å². The van der Waals surface area contributed by atoms with Gasteiger partial charge in [-0.3, -0.25) is 9.59 Å². The first-order valence-electron chi connectivity index (χ1n) is 8.15. The van der Waals surface area contributed by atoms with Gasteiger partial charge in [-0.2, -0.15) is 0 Å². The van der Waals surface area contributed by atoms with E-state index in [1.165, 1.54) is 25.8 Å². The number of halogens is 2. The Balaban J connectivity index is 2.15. The van der Waals surface area contributed by atoms with Gasteiger partial charge in [0.15, 0.2) is 6.61 Å². The first-order valence-corrected chi connectivity index (χ1v) is 10.1. The third-order valence-corrected chi connectivity index (χ3v) is 6.14. The lowest BCUT2D eigenvalue weighted by Crippen LogP contribution is -2.32. The standard InChI is InChI=1S/C18H18Cl2N2O4S/c1-8-14-10-5-12(25-3)15(19)16(20)17(10)21-18(27-4)11(14)6-22(8)13(24)7-26-9(2)23/h5,8H,6-7H2,1-4H3/t8-/m0/s1. The number of carbonyl (C=O) groups is 2. The molecule has 9 heteroatoms. The lowest BCUT2D eigenvalue weighted by atomic mass is 10.0. The van der Waals surface area contributed by atoms with Crippen LogP contribution >= 0.6 is 35.0 Å². The molecule has 144 valence electrons.